The molecule has 4 rings (SSSR count). The van der Waals surface area contributed by atoms with E-state index in [9.17, 15) is 8.78 Å². The van der Waals surface area contributed by atoms with Gasteiger partial charge in [0, 0.05) is 42.5 Å². The van der Waals surface area contributed by atoms with Gasteiger partial charge in [0.2, 0.25) is 17.8 Å². The van der Waals surface area contributed by atoms with E-state index in [1.807, 2.05) is 42.5 Å². The van der Waals surface area contributed by atoms with Crippen molar-refractivity contribution in [2.45, 2.75) is 37.6 Å². The summed E-state index contributed by atoms with van der Waals surface area (Å²) in [6.45, 7) is 0. The average Bonchev–Trinajstić information content (AvgIpc) is 2.71. The number of hydrogen-bond donors (Lipinski definition) is 2. The van der Waals surface area contributed by atoms with E-state index >= 15 is 0 Å². The molecule has 1 saturated carbocycles. The smallest absolute Gasteiger partial charge is 0.248 e. The molecule has 1 aliphatic carbocycles. The number of hydrogen-bond acceptors (Lipinski definition) is 6. The molecule has 1 aliphatic rings. The first kappa shape index (κ1) is 18.2. The number of nitrogens with zero attached hydrogens (tertiary/aromatic N) is 4. The molecule has 2 heterocycles. The van der Waals surface area contributed by atoms with Gasteiger partial charge in [-0.1, -0.05) is 30.3 Å². The fourth-order valence-corrected chi connectivity index (χ4v) is 3.14. The molecule has 8 heteroatoms. The van der Waals surface area contributed by atoms with E-state index in [1.54, 1.807) is 12.4 Å². The molecule has 6 nitrogen and oxygen atoms in total. The highest BCUT2D eigenvalue weighted by atomic mass is 19.3. The number of rotatable bonds is 5. The zero-order valence-corrected chi connectivity index (χ0v) is 15.1. The summed E-state index contributed by atoms with van der Waals surface area (Å²) >= 11 is 0. The number of pyridine rings is 1. The first-order valence-electron chi connectivity index (χ1n) is 9.20. The van der Waals surface area contributed by atoms with E-state index in [0.29, 0.717) is 30.6 Å². The molecule has 0 spiro atoms. The molecule has 0 aliphatic heterocycles. The molecule has 0 saturated heterocycles. The summed E-state index contributed by atoms with van der Waals surface area (Å²) in [5.41, 5.74) is 1.64. The Labute approximate surface area is 161 Å². The van der Waals surface area contributed by atoms with Crippen LogP contribution in [0.15, 0.2) is 54.9 Å². The Morgan fingerprint density at radius 3 is 2.25 bits per heavy atom. The lowest BCUT2D eigenvalue weighted by molar-refractivity contribution is -0.0361. The third-order valence-corrected chi connectivity index (χ3v) is 4.65. The summed E-state index contributed by atoms with van der Waals surface area (Å²) in [6.07, 6.45) is 3.86. The quantitative estimate of drug-likeness (QED) is 0.668. The molecule has 144 valence electrons. The minimum atomic E-state index is -2.57. The van der Waals surface area contributed by atoms with Crippen LogP contribution in [0.5, 0.6) is 0 Å². The van der Waals surface area contributed by atoms with Gasteiger partial charge in [0.05, 0.1) is 0 Å². The Kier molecular flexibility index (Phi) is 5.10. The number of nitrogens with one attached hydrogen (secondary N) is 2. The Balaban J connectivity index is 1.60. The number of aromatic nitrogens is 4. The molecular weight excluding hydrogens is 362 g/mol. The van der Waals surface area contributed by atoms with Crippen LogP contribution in [0.1, 0.15) is 25.7 Å². The standard InChI is InChI=1S/C20H20F2N6/c21-20(22)10-6-15(7-11-20)24-18-26-17(14-4-2-1-3-5-14)27-19(28-18)25-16-8-12-23-13-9-16/h1-5,8-9,12-13,15H,6-7,10-11H2,(H2,23,24,25,26,27,28). The van der Waals surface area contributed by atoms with Crippen molar-refractivity contribution in [3.63, 3.8) is 0 Å². The molecule has 0 bridgehead atoms. The Morgan fingerprint density at radius 1 is 0.857 bits per heavy atom. The van der Waals surface area contributed by atoms with E-state index in [1.165, 1.54) is 0 Å². The highest BCUT2D eigenvalue weighted by molar-refractivity contribution is 5.60. The maximum absolute atomic E-state index is 13.4. The average molecular weight is 382 g/mol. The summed E-state index contributed by atoms with van der Waals surface area (Å²) in [5, 5.41) is 6.35. The fourth-order valence-electron chi connectivity index (χ4n) is 3.14. The van der Waals surface area contributed by atoms with Crippen LogP contribution in [0, 0.1) is 0 Å². The highest BCUT2D eigenvalue weighted by Gasteiger charge is 2.35. The van der Waals surface area contributed by atoms with E-state index in [-0.39, 0.29) is 18.9 Å². The van der Waals surface area contributed by atoms with Crippen molar-refractivity contribution in [1.29, 1.82) is 0 Å². The van der Waals surface area contributed by atoms with Crippen LogP contribution >= 0.6 is 0 Å². The fraction of sp³-hybridized carbons (Fsp3) is 0.300. The normalized spacial score (nSPS) is 16.5. The van der Waals surface area contributed by atoms with Crippen molar-refractivity contribution >= 4 is 17.6 Å². The van der Waals surface area contributed by atoms with Gasteiger partial charge in [0.1, 0.15) is 0 Å². The molecule has 0 unspecified atom stereocenters. The number of halogens is 2. The Bertz CT molecular complexity index is 910. The first-order valence-corrected chi connectivity index (χ1v) is 9.20. The second-order valence-corrected chi connectivity index (χ2v) is 6.81. The molecule has 1 aromatic carbocycles. The summed E-state index contributed by atoms with van der Waals surface area (Å²) < 4.78 is 26.8. The maximum Gasteiger partial charge on any atom is 0.248 e. The van der Waals surface area contributed by atoms with Crippen molar-refractivity contribution in [1.82, 2.24) is 19.9 Å². The van der Waals surface area contributed by atoms with Gasteiger partial charge in [-0.15, -0.1) is 0 Å². The lowest BCUT2D eigenvalue weighted by Crippen LogP contribution is -2.32. The third-order valence-electron chi connectivity index (χ3n) is 4.65. The SMILES string of the molecule is FC1(F)CCC(Nc2nc(Nc3ccncc3)nc(-c3ccccc3)n2)CC1. The van der Waals surface area contributed by atoms with Crippen LogP contribution in [-0.2, 0) is 0 Å². The second kappa shape index (κ2) is 7.84. The van der Waals surface area contributed by atoms with Crippen molar-refractivity contribution in [2.75, 3.05) is 10.6 Å². The molecule has 0 atom stereocenters. The summed E-state index contributed by atoms with van der Waals surface area (Å²) in [4.78, 5) is 17.4. The Hall–Kier alpha value is -3.16. The minimum Gasteiger partial charge on any atom is -0.351 e. The second-order valence-electron chi connectivity index (χ2n) is 6.81. The maximum atomic E-state index is 13.4. The van der Waals surface area contributed by atoms with E-state index in [0.717, 1.165) is 11.3 Å². The topological polar surface area (TPSA) is 75.6 Å². The van der Waals surface area contributed by atoms with Gasteiger partial charge in [-0.05, 0) is 25.0 Å². The molecule has 3 aromatic rings. The van der Waals surface area contributed by atoms with Gasteiger partial charge >= 0.3 is 0 Å². The van der Waals surface area contributed by atoms with Crippen molar-refractivity contribution in [2.24, 2.45) is 0 Å². The van der Waals surface area contributed by atoms with Crippen LogP contribution < -0.4 is 10.6 Å². The van der Waals surface area contributed by atoms with Crippen molar-refractivity contribution < 1.29 is 8.78 Å². The van der Waals surface area contributed by atoms with Crippen LogP contribution in [-0.4, -0.2) is 31.9 Å². The predicted octanol–water partition coefficient (Wildman–Crippen LogP) is 4.67. The van der Waals surface area contributed by atoms with Crippen LogP contribution in [0.3, 0.4) is 0 Å². The van der Waals surface area contributed by atoms with Gasteiger partial charge < -0.3 is 10.6 Å². The number of anilines is 3. The summed E-state index contributed by atoms with van der Waals surface area (Å²) in [7, 11) is 0. The Morgan fingerprint density at radius 2 is 1.54 bits per heavy atom. The zero-order valence-electron chi connectivity index (χ0n) is 15.1. The van der Waals surface area contributed by atoms with Gasteiger partial charge in [-0.3, -0.25) is 4.98 Å². The third kappa shape index (κ3) is 4.57. The van der Waals surface area contributed by atoms with E-state index in [4.69, 9.17) is 0 Å². The van der Waals surface area contributed by atoms with Crippen LogP contribution in [0.25, 0.3) is 11.4 Å². The van der Waals surface area contributed by atoms with Crippen molar-refractivity contribution in [3.8, 4) is 11.4 Å². The highest BCUT2D eigenvalue weighted by Crippen LogP contribution is 2.34. The molecule has 2 N–H and O–H groups in total. The number of alkyl halides is 2. The first-order chi connectivity index (χ1) is 13.6. The van der Waals surface area contributed by atoms with Crippen LogP contribution in [0.2, 0.25) is 0 Å². The van der Waals surface area contributed by atoms with Crippen molar-refractivity contribution in [3.05, 3.63) is 54.9 Å². The molecule has 2 aromatic heterocycles. The van der Waals surface area contributed by atoms with Crippen LogP contribution in [0.4, 0.5) is 26.4 Å². The predicted molar refractivity (Wildman–Crippen MR) is 104 cm³/mol. The largest absolute Gasteiger partial charge is 0.351 e. The van der Waals surface area contributed by atoms with Gasteiger partial charge in [0.15, 0.2) is 5.82 Å². The lowest BCUT2D eigenvalue weighted by Gasteiger charge is -2.28. The molecular formula is C20H20F2N6. The lowest BCUT2D eigenvalue weighted by atomic mass is 9.92. The molecule has 1 fully saturated rings. The zero-order chi connectivity index (χ0) is 19.4. The summed E-state index contributed by atoms with van der Waals surface area (Å²) in [6, 6.07) is 13.1. The van der Waals surface area contributed by atoms with Gasteiger partial charge in [-0.25, -0.2) is 8.78 Å². The van der Waals surface area contributed by atoms with Gasteiger partial charge in [0.25, 0.3) is 0 Å². The monoisotopic (exact) mass is 382 g/mol. The molecule has 0 amide bonds. The van der Waals surface area contributed by atoms with Gasteiger partial charge in [-0.2, -0.15) is 15.0 Å². The van der Waals surface area contributed by atoms with E-state index in [2.05, 4.69) is 30.6 Å². The summed E-state index contributed by atoms with van der Waals surface area (Å²) in [5.74, 6) is -1.30. The van der Waals surface area contributed by atoms with E-state index < -0.39 is 5.92 Å². The molecule has 28 heavy (non-hydrogen) atoms. The number of benzene rings is 1. The molecule has 0 radical (unpaired) electrons. The minimum absolute atomic E-state index is 0.0839.